The average molecular weight is 680 g/mol. The van der Waals surface area contributed by atoms with Gasteiger partial charge in [0.05, 0.1) is 28.6 Å². The minimum Gasteiger partial charge on any atom is -0.444 e. The summed E-state index contributed by atoms with van der Waals surface area (Å²) in [6, 6.07) is 10.6. The smallest absolute Gasteiger partial charge is 0.407 e. The second-order valence-corrected chi connectivity index (χ2v) is 12.6. The Morgan fingerprint density at radius 1 is 1.21 bits per heavy atom. The molecule has 1 aliphatic rings. The predicted molar refractivity (Wildman–Crippen MR) is 165 cm³/mol. The first kappa shape index (κ1) is 28.0. The first-order valence-corrected chi connectivity index (χ1v) is 16.3. The van der Waals surface area contributed by atoms with Crippen LogP contribution in [-0.2, 0) is 4.74 Å². The number of anilines is 1. The number of nitrogens with zero attached hydrogens (tertiary/aromatic N) is 4. The quantitative estimate of drug-likeness (QED) is 0.216. The number of hydrogen-bond donors (Lipinski definition) is 1. The third-order valence-corrected chi connectivity index (χ3v) is 8.57. The van der Waals surface area contributed by atoms with Crippen molar-refractivity contribution >= 4 is 64.7 Å². The molecular formula is C28H28ClFIN5O2S. The van der Waals surface area contributed by atoms with Crippen LogP contribution in [0.25, 0.3) is 33.3 Å². The standard InChI is InChI=1S/C28H28ClFIN5O2S/c1-28(2,3)38-27(37)33-18-9-11-35(12-10-18)25-15-32-14-23(34-25)20-16-36(39-31)24-8-7-17(13-19(20)24)26-21(29)5-4-6-22(26)30/h4-8,13-16,18H,9-12H2,1-3H3,(H,33,37). The summed E-state index contributed by atoms with van der Waals surface area (Å²) >= 11 is 8.61. The lowest BCUT2D eigenvalue weighted by Gasteiger charge is -2.33. The van der Waals surface area contributed by atoms with Gasteiger partial charge in [-0.2, -0.15) is 0 Å². The summed E-state index contributed by atoms with van der Waals surface area (Å²) in [7, 11) is 1.55. The maximum absolute atomic E-state index is 14.7. The molecule has 11 heteroatoms. The number of halogens is 3. The van der Waals surface area contributed by atoms with Gasteiger partial charge in [-0.05, 0) is 63.4 Å². The third kappa shape index (κ3) is 6.28. The number of rotatable bonds is 5. The van der Waals surface area contributed by atoms with Crippen LogP contribution >= 0.6 is 41.9 Å². The molecule has 204 valence electrons. The Balaban J connectivity index is 1.40. The fourth-order valence-corrected chi connectivity index (χ4v) is 6.38. The van der Waals surface area contributed by atoms with Gasteiger partial charge >= 0.3 is 6.09 Å². The number of nitrogens with one attached hydrogen (secondary N) is 1. The first-order chi connectivity index (χ1) is 18.6. The van der Waals surface area contributed by atoms with Crippen molar-refractivity contribution < 1.29 is 13.9 Å². The van der Waals surface area contributed by atoms with Gasteiger partial charge in [0.2, 0.25) is 0 Å². The number of benzene rings is 2. The SMILES string of the molecule is CC(C)(C)OC(=O)NC1CCN(c2cncc(-c3cn(SI)c4ccc(-c5c(F)cccc5Cl)cc34)n2)CC1. The highest BCUT2D eigenvalue weighted by Crippen LogP contribution is 2.39. The van der Waals surface area contributed by atoms with Crippen LogP contribution in [0.2, 0.25) is 5.02 Å². The monoisotopic (exact) mass is 679 g/mol. The Morgan fingerprint density at radius 2 is 1.97 bits per heavy atom. The van der Waals surface area contributed by atoms with Gasteiger partial charge in [0, 0.05) is 72.2 Å². The van der Waals surface area contributed by atoms with Gasteiger partial charge in [-0.1, -0.05) is 23.7 Å². The third-order valence-electron chi connectivity index (χ3n) is 6.53. The van der Waals surface area contributed by atoms with Crippen molar-refractivity contribution in [3.63, 3.8) is 0 Å². The van der Waals surface area contributed by atoms with Gasteiger partial charge < -0.3 is 15.0 Å². The summed E-state index contributed by atoms with van der Waals surface area (Å²) in [5.41, 5.74) is 3.17. The largest absolute Gasteiger partial charge is 0.444 e. The summed E-state index contributed by atoms with van der Waals surface area (Å²) in [4.78, 5) is 23.8. The Kier molecular flexibility index (Phi) is 8.25. The molecule has 4 aromatic rings. The van der Waals surface area contributed by atoms with E-state index in [1.165, 1.54) is 6.07 Å². The van der Waals surface area contributed by atoms with E-state index >= 15 is 0 Å². The van der Waals surface area contributed by atoms with E-state index in [1.807, 2.05) is 45.2 Å². The molecule has 0 radical (unpaired) electrons. The van der Waals surface area contributed by atoms with Crippen LogP contribution < -0.4 is 10.2 Å². The molecule has 1 saturated heterocycles. The van der Waals surface area contributed by atoms with Crippen molar-refractivity contribution in [1.82, 2.24) is 19.3 Å². The molecule has 2 aromatic heterocycles. The molecule has 1 N–H and O–H groups in total. The molecule has 7 nitrogen and oxygen atoms in total. The predicted octanol–water partition coefficient (Wildman–Crippen LogP) is 7.90. The lowest BCUT2D eigenvalue weighted by Crippen LogP contribution is -2.46. The highest BCUT2D eigenvalue weighted by Gasteiger charge is 2.25. The minimum atomic E-state index is -0.526. The van der Waals surface area contributed by atoms with Crippen LogP contribution in [0.15, 0.2) is 55.0 Å². The molecule has 0 saturated carbocycles. The Labute approximate surface area is 248 Å². The highest BCUT2D eigenvalue weighted by molar-refractivity contribution is 14.2. The molecule has 1 fully saturated rings. The summed E-state index contributed by atoms with van der Waals surface area (Å²) < 4.78 is 22.2. The van der Waals surface area contributed by atoms with E-state index in [2.05, 4.69) is 40.4 Å². The molecule has 0 aliphatic carbocycles. The maximum atomic E-state index is 14.7. The van der Waals surface area contributed by atoms with Crippen LogP contribution in [0.4, 0.5) is 15.0 Å². The second kappa shape index (κ2) is 11.5. The molecule has 0 atom stereocenters. The summed E-state index contributed by atoms with van der Waals surface area (Å²) in [5, 5.41) is 4.27. The number of piperidine rings is 1. The molecule has 0 spiro atoms. The zero-order chi connectivity index (χ0) is 27.7. The van der Waals surface area contributed by atoms with Crippen molar-refractivity contribution in [3.8, 4) is 22.4 Å². The Hall–Kier alpha value is -2.57. The van der Waals surface area contributed by atoms with Crippen molar-refractivity contribution in [2.24, 2.45) is 0 Å². The van der Waals surface area contributed by atoms with Gasteiger partial charge in [-0.3, -0.25) is 8.96 Å². The number of fused-ring (bicyclic) bond motifs is 1. The zero-order valence-electron chi connectivity index (χ0n) is 21.7. The molecule has 1 amide bonds. The molecule has 0 bridgehead atoms. The highest BCUT2D eigenvalue weighted by atomic mass is 127. The normalized spacial score (nSPS) is 14.6. The number of alkyl carbamates (subject to hydrolysis) is 1. The summed E-state index contributed by atoms with van der Waals surface area (Å²) in [5.74, 6) is 0.414. The van der Waals surface area contributed by atoms with Gasteiger partial charge in [-0.15, -0.1) is 0 Å². The fourth-order valence-electron chi connectivity index (χ4n) is 4.76. The Morgan fingerprint density at radius 3 is 2.67 bits per heavy atom. The molecule has 5 rings (SSSR count). The number of ether oxygens (including phenoxy) is 1. The summed E-state index contributed by atoms with van der Waals surface area (Å²) in [6.07, 6.45) is 6.72. The molecule has 39 heavy (non-hydrogen) atoms. The fraction of sp³-hybridized carbons (Fsp3) is 0.321. The van der Waals surface area contributed by atoms with Crippen LogP contribution in [0.3, 0.4) is 0 Å². The van der Waals surface area contributed by atoms with Crippen LogP contribution in [0.1, 0.15) is 33.6 Å². The second-order valence-electron chi connectivity index (χ2n) is 10.4. The van der Waals surface area contributed by atoms with E-state index in [0.717, 1.165) is 53.9 Å². The van der Waals surface area contributed by atoms with E-state index < -0.39 is 5.60 Å². The molecule has 1 aliphatic heterocycles. The minimum absolute atomic E-state index is 0.0505. The van der Waals surface area contributed by atoms with Crippen molar-refractivity contribution in [2.75, 3.05) is 18.0 Å². The van der Waals surface area contributed by atoms with Gasteiger partial charge in [-0.25, -0.2) is 14.2 Å². The van der Waals surface area contributed by atoms with E-state index in [4.69, 9.17) is 21.3 Å². The van der Waals surface area contributed by atoms with E-state index in [1.54, 1.807) is 33.6 Å². The number of aromatic nitrogens is 3. The van der Waals surface area contributed by atoms with Crippen molar-refractivity contribution in [3.05, 3.63) is 65.8 Å². The van der Waals surface area contributed by atoms with Crippen LogP contribution in [0, 0.1) is 5.82 Å². The Bertz CT molecular complexity index is 1500. The van der Waals surface area contributed by atoms with Crippen molar-refractivity contribution in [1.29, 1.82) is 0 Å². The molecule has 0 unspecified atom stereocenters. The number of carbonyl (C=O) groups is 1. The van der Waals surface area contributed by atoms with Crippen LogP contribution in [-0.4, -0.2) is 44.8 Å². The molecule has 3 heterocycles. The maximum Gasteiger partial charge on any atom is 0.407 e. The number of hydrogen-bond acceptors (Lipinski definition) is 6. The van der Waals surface area contributed by atoms with Gasteiger partial charge in [0.1, 0.15) is 17.2 Å². The number of carbonyl (C=O) groups excluding carboxylic acids is 1. The van der Waals surface area contributed by atoms with Gasteiger partial charge in [0.25, 0.3) is 0 Å². The van der Waals surface area contributed by atoms with Gasteiger partial charge in [0.15, 0.2) is 0 Å². The molecule has 2 aromatic carbocycles. The lowest BCUT2D eigenvalue weighted by molar-refractivity contribution is 0.0497. The van der Waals surface area contributed by atoms with Crippen LogP contribution in [0.5, 0.6) is 0 Å². The summed E-state index contributed by atoms with van der Waals surface area (Å²) in [6.45, 7) is 7.03. The lowest BCUT2D eigenvalue weighted by atomic mass is 10.0. The van der Waals surface area contributed by atoms with E-state index in [-0.39, 0.29) is 18.0 Å². The van der Waals surface area contributed by atoms with Crippen molar-refractivity contribution in [2.45, 2.75) is 45.3 Å². The first-order valence-electron chi connectivity index (χ1n) is 12.6. The average Bonchev–Trinajstić information content (AvgIpc) is 3.26. The zero-order valence-corrected chi connectivity index (χ0v) is 25.5. The van der Waals surface area contributed by atoms with E-state index in [0.29, 0.717) is 16.1 Å². The molecular weight excluding hydrogens is 652 g/mol. The number of amides is 1. The van der Waals surface area contributed by atoms with E-state index in [9.17, 15) is 9.18 Å². The topological polar surface area (TPSA) is 72.3 Å².